The molecule has 1 aromatic carbocycles. The molecule has 106 valence electrons. The summed E-state index contributed by atoms with van der Waals surface area (Å²) >= 11 is 3.44. The van der Waals surface area contributed by atoms with Gasteiger partial charge in [0, 0.05) is 10.0 Å². The van der Waals surface area contributed by atoms with E-state index in [0.717, 1.165) is 21.4 Å². The molecule has 1 aromatic heterocycles. The average Bonchev–Trinajstić information content (AvgIpc) is 2.63. The molecular weight excluding hydrogens is 318 g/mol. The molecule has 0 fully saturated rings. The Labute approximate surface area is 127 Å². The van der Waals surface area contributed by atoms with E-state index >= 15 is 0 Å². The van der Waals surface area contributed by atoms with Crippen LogP contribution in [0.15, 0.2) is 33.2 Å². The molecule has 0 radical (unpaired) electrons. The summed E-state index contributed by atoms with van der Waals surface area (Å²) in [6, 6.07) is 7.86. The van der Waals surface area contributed by atoms with Gasteiger partial charge in [-0.2, -0.15) is 0 Å². The second kappa shape index (κ2) is 5.83. The Morgan fingerprint density at radius 3 is 2.50 bits per heavy atom. The van der Waals surface area contributed by atoms with Crippen LogP contribution in [0.25, 0.3) is 0 Å². The van der Waals surface area contributed by atoms with Gasteiger partial charge in [-0.1, -0.05) is 28.1 Å². The molecule has 1 heterocycles. The number of rotatable bonds is 3. The predicted molar refractivity (Wildman–Crippen MR) is 82.9 cm³/mol. The molecule has 4 heteroatoms. The molecule has 2 aromatic rings. The third-order valence-corrected chi connectivity index (χ3v) is 3.98. The van der Waals surface area contributed by atoms with Gasteiger partial charge < -0.3 is 9.73 Å². The van der Waals surface area contributed by atoms with E-state index in [4.69, 9.17) is 4.42 Å². The molecule has 0 spiro atoms. The minimum atomic E-state index is -0.0932. The van der Waals surface area contributed by atoms with Crippen molar-refractivity contribution in [3.8, 4) is 0 Å². The molecule has 1 atom stereocenters. The van der Waals surface area contributed by atoms with Gasteiger partial charge in [0.1, 0.15) is 11.5 Å². The van der Waals surface area contributed by atoms with Crippen molar-refractivity contribution in [2.24, 2.45) is 0 Å². The molecule has 0 saturated carbocycles. The van der Waals surface area contributed by atoms with E-state index in [1.807, 2.05) is 52.0 Å². The van der Waals surface area contributed by atoms with E-state index in [2.05, 4.69) is 21.2 Å². The fourth-order valence-electron chi connectivity index (χ4n) is 2.26. The Morgan fingerprint density at radius 2 is 1.95 bits per heavy atom. The van der Waals surface area contributed by atoms with Crippen LogP contribution < -0.4 is 5.32 Å². The van der Waals surface area contributed by atoms with Crippen LogP contribution in [0.1, 0.15) is 46.0 Å². The third kappa shape index (κ3) is 2.96. The van der Waals surface area contributed by atoms with Crippen molar-refractivity contribution >= 4 is 21.8 Å². The van der Waals surface area contributed by atoms with Crippen LogP contribution in [0.5, 0.6) is 0 Å². The van der Waals surface area contributed by atoms with Crippen molar-refractivity contribution in [1.82, 2.24) is 5.32 Å². The monoisotopic (exact) mass is 335 g/mol. The van der Waals surface area contributed by atoms with Crippen LogP contribution in [0.2, 0.25) is 0 Å². The summed E-state index contributed by atoms with van der Waals surface area (Å²) in [5.74, 6) is 1.37. The maximum atomic E-state index is 12.4. The molecule has 0 aliphatic heterocycles. The van der Waals surface area contributed by atoms with E-state index in [9.17, 15) is 4.79 Å². The lowest BCUT2D eigenvalue weighted by atomic mass is 10.1. The van der Waals surface area contributed by atoms with E-state index < -0.39 is 0 Å². The molecule has 0 aliphatic carbocycles. The summed E-state index contributed by atoms with van der Waals surface area (Å²) < 4.78 is 6.51. The lowest BCUT2D eigenvalue weighted by Gasteiger charge is -2.14. The zero-order valence-corrected chi connectivity index (χ0v) is 13.7. The van der Waals surface area contributed by atoms with Crippen LogP contribution in [0.3, 0.4) is 0 Å². The second-order valence-electron chi connectivity index (χ2n) is 4.96. The zero-order chi connectivity index (χ0) is 14.9. The van der Waals surface area contributed by atoms with Crippen molar-refractivity contribution in [3.63, 3.8) is 0 Å². The number of hydrogen-bond donors (Lipinski definition) is 1. The van der Waals surface area contributed by atoms with Crippen molar-refractivity contribution in [3.05, 3.63) is 56.9 Å². The van der Waals surface area contributed by atoms with Gasteiger partial charge in [-0.25, -0.2) is 0 Å². The molecule has 1 amide bonds. The Kier molecular flexibility index (Phi) is 4.33. The Balaban J connectivity index is 2.19. The largest absolute Gasteiger partial charge is 0.466 e. The van der Waals surface area contributed by atoms with Crippen LogP contribution in [0, 0.1) is 20.8 Å². The number of carbonyl (C=O) groups excluding carboxylic acids is 1. The van der Waals surface area contributed by atoms with Gasteiger partial charge in [0.2, 0.25) is 0 Å². The lowest BCUT2D eigenvalue weighted by molar-refractivity contribution is 0.0938. The maximum Gasteiger partial charge on any atom is 0.255 e. The maximum absolute atomic E-state index is 12.4. The molecule has 0 aliphatic rings. The highest BCUT2D eigenvalue weighted by Gasteiger charge is 2.20. The van der Waals surface area contributed by atoms with Crippen LogP contribution in [0.4, 0.5) is 0 Å². The van der Waals surface area contributed by atoms with Crippen molar-refractivity contribution in [2.75, 3.05) is 0 Å². The SMILES string of the molecule is Cc1oc(C)c(C(=O)NC(C)c2cccc(Br)c2)c1C. The minimum Gasteiger partial charge on any atom is -0.466 e. The van der Waals surface area contributed by atoms with Gasteiger partial charge in [-0.15, -0.1) is 0 Å². The molecule has 2 rings (SSSR count). The van der Waals surface area contributed by atoms with Crippen molar-refractivity contribution in [1.29, 1.82) is 0 Å². The molecule has 1 unspecified atom stereocenters. The van der Waals surface area contributed by atoms with Crippen LogP contribution in [-0.4, -0.2) is 5.91 Å². The number of aryl methyl sites for hydroxylation is 2. The predicted octanol–water partition coefficient (Wildman–Crippen LogP) is 4.46. The molecular formula is C16H18BrNO2. The first-order valence-corrected chi connectivity index (χ1v) is 7.32. The number of hydrogen-bond acceptors (Lipinski definition) is 2. The van der Waals surface area contributed by atoms with Gasteiger partial charge >= 0.3 is 0 Å². The quantitative estimate of drug-likeness (QED) is 0.899. The summed E-state index contributed by atoms with van der Waals surface area (Å²) in [6.45, 7) is 7.57. The molecule has 0 saturated heterocycles. The highest BCUT2D eigenvalue weighted by atomic mass is 79.9. The highest BCUT2D eigenvalue weighted by molar-refractivity contribution is 9.10. The second-order valence-corrected chi connectivity index (χ2v) is 5.88. The van der Waals surface area contributed by atoms with E-state index in [0.29, 0.717) is 11.3 Å². The van der Waals surface area contributed by atoms with Crippen LogP contribution in [-0.2, 0) is 0 Å². The van der Waals surface area contributed by atoms with E-state index in [-0.39, 0.29) is 11.9 Å². The Bertz CT molecular complexity index is 646. The summed E-state index contributed by atoms with van der Waals surface area (Å²) in [5, 5.41) is 3.01. The number of carbonyl (C=O) groups is 1. The number of halogens is 1. The van der Waals surface area contributed by atoms with Crippen molar-refractivity contribution < 1.29 is 9.21 Å². The van der Waals surface area contributed by atoms with Crippen molar-refractivity contribution in [2.45, 2.75) is 33.7 Å². The first-order valence-electron chi connectivity index (χ1n) is 6.53. The first kappa shape index (κ1) is 14.9. The average molecular weight is 336 g/mol. The fourth-order valence-corrected chi connectivity index (χ4v) is 2.67. The standard InChI is InChI=1S/C16H18BrNO2/c1-9-11(3)20-12(4)15(9)16(19)18-10(2)13-6-5-7-14(17)8-13/h5-8,10H,1-4H3,(H,18,19). The minimum absolute atomic E-state index is 0.0611. The van der Waals surface area contributed by atoms with Gasteiger partial charge in [0.15, 0.2) is 0 Å². The number of nitrogens with one attached hydrogen (secondary N) is 1. The molecule has 20 heavy (non-hydrogen) atoms. The Morgan fingerprint density at radius 1 is 1.25 bits per heavy atom. The fraction of sp³-hybridized carbons (Fsp3) is 0.312. The number of furan rings is 1. The molecule has 1 N–H and O–H groups in total. The first-order chi connectivity index (χ1) is 9.40. The van der Waals surface area contributed by atoms with Gasteiger partial charge in [0.25, 0.3) is 5.91 Å². The topological polar surface area (TPSA) is 42.2 Å². The van der Waals surface area contributed by atoms with Crippen LogP contribution >= 0.6 is 15.9 Å². The zero-order valence-electron chi connectivity index (χ0n) is 12.1. The summed E-state index contributed by atoms with van der Waals surface area (Å²) in [5.41, 5.74) is 2.61. The smallest absolute Gasteiger partial charge is 0.255 e. The summed E-state index contributed by atoms with van der Waals surface area (Å²) in [6.07, 6.45) is 0. The normalized spacial score (nSPS) is 12.2. The number of amides is 1. The molecule has 0 bridgehead atoms. The van der Waals surface area contributed by atoms with E-state index in [1.165, 1.54) is 0 Å². The van der Waals surface area contributed by atoms with Gasteiger partial charge in [-0.05, 0) is 45.4 Å². The van der Waals surface area contributed by atoms with Gasteiger partial charge in [-0.3, -0.25) is 4.79 Å². The lowest BCUT2D eigenvalue weighted by Crippen LogP contribution is -2.27. The van der Waals surface area contributed by atoms with E-state index in [1.54, 1.807) is 0 Å². The molecule has 3 nitrogen and oxygen atoms in total. The Hall–Kier alpha value is -1.55. The highest BCUT2D eigenvalue weighted by Crippen LogP contribution is 2.23. The van der Waals surface area contributed by atoms with Gasteiger partial charge in [0.05, 0.1) is 11.6 Å². The summed E-state index contributed by atoms with van der Waals surface area (Å²) in [7, 11) is 0. The third-order valence-electron chi connectivity index (χ3n) is 3.48. The summed E-state index contributed by atoms with van der Waals surface area (Å²) in [4.78, 5) is 12.4. The number of benzene rings is 1.